The van der Waals surface area contributed by atoms with E-state index >= 15 is 0 Å². The minimum atomic E-state index is -1.13. The summed E-state index contributed by atoms with van der Waals surface area (Å²) in [6, 6.07) is 5.22. The second kappa shape index (κ2) is 13.1. The highest BCUT2D eigenvalue weighted by Crippen LogP contribution is 2.55. The van der Waals surface area contributed by atoms with Gasteiger partial charge in [-0.25, -0.2) is 0 Å². The predicted octanol–water partition coefficient (Wildman–Crippen LogP) is 4.85. The average molecular weight is 593 g/mol. The van der Waals surface area contributed by atoms with Crippen LogP contribution in [0.2, 0.25) is 0 Å². The number of carbonyl (C=O) groups is 3. The van der Waals surface area contributed by atoms with Crippen molar-refractivity contribution in [2.75, 3.05) is 31.5 Å². The fourth-order valence-electron chi connectivity index (χ4n) is 8.26. The summed E-state index contributed by atoms with van der Waals surface area (Å²) in [6.45, 7) is 16.2. The summed E-state index contributed by atoms with van der Waals surface area (Å²) in [4.78, 5) is 46.6. The molecule has 1 saturated carbocycles. The van der Waals surface area contributed by atoms with Gasteiger partial charge in [-0.2, -0.15) is 0 Å². The lowest BCUT2D eigenvalue weighted by Crippen LogP contribution is -2.58. The zero-order valence-corrected chi connectivity index (χ0v) is 27.0. The Morgan fingerprint density at radius 1 is 1.02 bits per heavy atom. The average Bonchev–Trinajstić information content (AvgIpc) is 3.58. The second-order valence-corrected chi connectivity index (χ2v) is 13.7. The van der Waals surface area contributed by atoms with E-state index in [1.807, 2.05) is 38.1 Å². The number of hydrogen-bond donors (Lipinski definition) is 2. The summed E-state index contributed by atoms with van der Waals surface area (Å²) in [5.74, 6) is -1.05. The summed E-state index contributed by atoms with van der Waals surface area (Å²) >= 11 is 0. The van der Waals surface area contributed by atoms with E-state index in [1.54, 1.807) is 4.90 Å². The van der Waals surface area contributed by atoms with Crippen LogP contribution in [0.15, 0.2) is 30.4 Å². The number of hydrogen-bond acceptors (Lipinski definition) is 5. The van der Waals surface area contributed by atoms with E-state index in [-0.39, 0.29) is 23.8 Å². The summed E-state index contributed by atoms with van der Waals surface area (Å²) < 4.78 is 6.57. The number of fused-ring (bicyclic) bond motifs is 1. The molecule has 8 atom stereocenters. The molecule has 3 fully saturated rings. The maximum atomic E-state index is 14.3. The van der Waals surface area contributed by atoms with E-state index < -0.39 is 29.6 Å². The van der Waals surface area contributed by atoms with Gasteiger partial charge in [0.1, 0.15) is 11.6 Å². The highest BCUT2D eigenvalue weighted by molar-refractivity contribution is 6.02. The molecule has 8 nitrogen and oxygen atoms in total. The molecule has 3 heterocycles. The van der Waals surface area contributed by atoms with Gasteiger partial charge in [0.2, 0.25) is 17.7 Å². The van der Waals surface area contributed by atoms with Gasteiger partial charge in [0, 0.05) is 18.3 Å². The molecule has 0 radical (unpaired) electrons. The zero-order chi connectivity index (χ0) is 30.9. The van der Waals surface area contributed by atoms with E-state index in [9.17, 15) is 14.4 Å². The molecule has 4 aliphatic rings. The minimum Gasteiger partial charge on any atom is -0.359 e. The van der Waals surface area contributed by atoms with Gasteiger partial charge < -0.3 is 25.2 Å². The highest BCUT2D eigenvalue weighted by atomic mass is 16.5. The van der Waals surface area contributed by atoms with Crippen LogP contribution in [0, 0.1) is 37.5 Å². The number of aryl methyl sites for hydroxylation is 2. The van der Waals surface area contributed by atoms with E-state index in [4.69, 9.17) is 4.74 Å². The van der Waals surface area contributed by atoms with Gasteiger partial charge in [0.25, 0.3) is 0 Å². The Bertz CT molecular complexity index is 1210. The first kappa shape index (κ1) is 31.7. The van der Waals surface area contributed by atoms with Gasteiger partial charge in [-0.1, -0.05) is 58.8 Å². The molecule has 2 bridgehead atoms. The number of anilines is 1. The van der Waals surface area contributed by atoms with Crippen LogP contribution in [0.3, 0.4) is 0 Å². The quantitative estimate of drug-likeness (QED) is 0.339. The predicted molar refractivity (Wildman–Crippen MR) is 170 cm³/mol. The summed E-state index contributed by atoms with van der Waals surface area (Å²) in [7, 11) is 0. The van der Waals surface area contributed by atoms with Crippen LogP contribution in [0.1, 0.15) is 77.3 Å². The third-order valence-electron chi connectivity index (χ3n) is 10.4. The molecular weight excluding hydrogens is 540 g/mol. The molecule has 8 heteroatoms. The summed E-state index contributed by atoms with van der Waals surface area (Å²) in [5, 5.41) is 6.43. The molecule has 1 aromatic rings. The van der Waals surface area contributed by atoms with Crippen LogP contribution in [0.4, 0.5) is 5.69 Å². The van der Waals surface area contributed by atoms with E-state index in [0.717, 1.165) is 62.9 Å². The first-order valence-electron chi connectivity index (χ1n) is 16.7. The molecule has 236 valence electrons. The molecule has 2 N–H and O–H groups in total. The lowest BCUT2D eigenvalue weighted by atomic mass is 9.73. The van der Waals surface area contributed by atoms with Crippen LogP contribution < -0.4 is 10.6 Å². The smallest absolute Gasteiger partial charge is 0.246 e. The summed E-state index contributed by atoms with van der Waals surface area (Å²) in [5.41, 5.74) is 1.70. The molecule has 0 unspecified atom stereocenters. The van der Waals surface area contributed by atoms with Crippen molar-refractivity contribution < 1.29 is 19.1 Å². The first-order chi connectivity index (χ1) is 20.6. The second-order valence-electron chi connectivity index (χ2n) is 13.7. The van der Waals surface area contributed by atoms with Crippen molar-refractivity contribution in [2.24, 2.45) is 23.7 Å². The molecule has 3 amide bonds. The van der Waals surface area contributed by atoms with Crippen molar-refractivity contribution in [1.82, 2.24) is 15.1 Å². The van der Waals surface area contributed by atoms with Crippen molar-refractivity contribution in [3.8, 4) is 0 Å². The topological polar surface area (TPSA) is 91.0 Å². The number of benzene rings is 1. The number of ether oxygens (including phenoxy) is 1. The fourth-order valence-corrected chi connectivity index (χ4v) is 8.26. The van der Waals surface area contributed by atoms with E-state index in [2.05, 4.69) is 49.3 Å². The Kier molecular flexibility index (Phi) is 9.67. The zero-order valence-electron chi connectivity index (χ0n) is 27.0. The van der Waals surface area contributed by atoms with Gasteiger partial charge in [0.05, 0.1) is 17.9 Å². The molecule has 5 rings (SSSR count). The molecule has 1 aromatic carbocycles. The molecule has 1 aliphatic carbocycles. The Balaban J connectivity index is 1.41. The third-order valence-corrected chi connectivity index (χ3v) is 10.4. The summed E-state index contributed by atoms with van der Waals surface area (Å²) in [6.07, 6.45) is 9.40. The van der Waals surface area contributed by atoms with Crippen LogP contribution in [0.5, 0.6) is 0 Å². The number of amides is 3. The molecule has 1 spiro atoms. The lowest BCUT2D eigenvalue weighted by Gasteiger charge is -2.38. The Labute approximate surface area is 258 Å². The van der Waals surface area contributed by atoms with Crippen LogP contribution in [-0.2, 0) is 19.1 Å². The Morgan fingerprint density at radius 2 is 1.72 bits per heavy atom. The van der Waals surface area contributed by atoms with Crippen molar-refractivity contribution in [2.45, 2.75) is 104 Å². The van der Waals surface area contributed by atoms with Crippen molar-refractivity contribution in [1.29, 1.82) is 0 Å². The first-order valence-corrected chi connectivity index (χ1v) is 16.7. The minimum absolute atomic E-state index is 0.0690. The van der Waals surface area contributed by atoms with Crippen LogP contribution in [-0.4, -0.2) is 77.5 Å². The maximum Gasteiger partial charge on any atom is 0.246 e. The number of rotatable bonds is 12. The van der Waals surface area contributed by atoms with Crippen molar-refractivity contribution >= 4 is 23.4 Å². The number of nitrogens with one attached hydrogen (secondary N) is 2. The maximum absolute atomic E-state index is 14.3. The Morgan fingerprint density at radius 3 is 2.40 bits per heavy atom. The van der Waals surface area contributed by atoms with Gasteiger partial charge >= 0.3 is 0 Å². The van der Waals surface area contributed by atoms with Crippen molar-refractivity contribution in [3.05, 3.63) is 41.5 Å². The number of likely N-dealkylation sites (tertiary alicyclic amines) is 1. The van der Waals surface area contributed by atoms with Gasteiger partial charge in [-0.3, -0.25) is 14.4 Å². The molecule has 2 saturated heterocycles. The molecule has 0 aromatic heterocycles. The van der Waals surface area contributed by atoms with E-state index in [0.29, 0.717) is 24.1 Å². The number of nitrogens with zero attached hydrogens (tertiary/aromatic N) is 2. The van der Waals surface area contributed by atoms with Gasteiger partial charge in [-0.15, -0.1) is 0 Å². The largest absolute Gasteiger partial charge is 0.359 e. The van der Waals surface area contributed by atoms with Gasteiger partial charge in [-0.05, 0) is 94.3 Å². The molecule has 3 aliphatic heterocycles. The molecule has 43 heavy (non-hydrogen) atoms. The van der Waals surface area contributed by atoms with Crippen LogP contribution in [0.25, 0.3) is 0 Å². The standard InChI is InChI=1S/C35H52N4O4/c1-7-15-38(16-8-2)17-10-18-39-31(33(41)37-27-12-9-11-24(5)25(27)6)35-14-13-28(43-35)29(30(35)34(39)42)32(40)36-26-20-22(3)19-23(4)21-26/h13-14,19-21,24-25,27-31H,7-12,15-18H2,1-6H3,(H,36,40)(H,37,41)/t24-,25-,27+,28+,29+,30+,31-,35-/m0/s1. The van der Waals surface area contributed by atoms with Crippen molar-refractivity contribution in [3.63, 3.8) is 0 Å². The SMILES string of the molecule is CCCN(CCC)CCCN1C(=O)[C@H]2[C@H](C(=O)Nc3cc(C)cc(C)c3)[C@H]3C=C[C@@]2(O3)[C@@H]1C(=O)N[C@@H]1CCC[C@H](C)[C@@H]1C. The third kappa shape index (κ3) is 6.15. The van der Waals surface area contributed by atoms with E-state index in [1.165, 1.54) is 6.42 Å². The normalized spacial score (nSPS) is 32.9. The number of carbonyl (C=O) groups excluding carboxylic acids is 3. The Hall–Kier alpha value is -2.71. The highest BCUT2D eigenvalue weighted by Gasteiger charge is 2.72. The van der Waals surface area contributed by atoms with Gasteiger partial charge in [0.15, 0.2) is 0 Å². The van der Waals surface area contributed by atoms with Crippen LogP contribution >= 0.6 is 0 Å². The monoisotopic (exact) mass is 592 g/mol. The fraction of sp³-hybridized carbons (Fsp3) is 0.686. The molecular formula is C35H52N4O4. The lowest BCUT2D eigenvalue weighted by molar-refractivity contribution is -0.141.